The van der Waals surface area contributed by atoms with Crippen LogP contribution in [0.5, 0.6) is 5.75 Å². The Morgan fingerprint density at radius 2 is 1.55 bits per heavy atom. The van der Waals surface area contributed by atoms with Crippen LogP contribution in [0.4, 0.5) is 0 Å². The molecule has 40 heavy (non-hydrogen) atoms. The van der Waals surface area contributed by atoms with Crippen molar-refractivity contribution < 1.29 is 14.3 Å². The van der Waals surface area contributed by atoms with E-state index in [4.69, 9.17) is 26.1 Å². The second-order valence-electron chi connectivity index (χ2n) is 9.01. The van der Waals surface area contributed by atoms with Gasteiger partial charge in [0.1, 0.15) is 17.4 Å². The first-order valence-corrected chi connectivity index (χ1v) is 14.2. The highest BCUT2D eigenvalue weighted by atomic mass is 35.5. The van der Waals surface area contributed by atoms with Gasteiger partial charge >= 0.3 is 5.97 Å². The number of hydrogen-bond acceptors (Lipinski definition) is 5. The number of thiazole rings is 1. The number of halogens is 1. The van der Waals surface area contributed by atoms with Crippen LogP contribution in [0.2, 0.25) is 5.02 Å². The van der Waals surface area contributed by atoms with Crippen LogP contribution in [0.3, 0.4) is 0 Å². The number of nitrogens with zero attached hydrogens (tertiary/aromatic N) is 1. The molecule has 0 amide bonds. The molecular formula is C34H28ClNO3S. The molecule has 1 heterocycles. The van der Waals surface area contributed by atoms with E-state index in [0.717, 1.165) is 37.7 Å². The predicted molar refractivity (Wildman–Crippen MR) is 164 cm³/mol. The molecule has 5 rings (SSSR count). The minimum atomic E-state index is -0.280. The molecule has 5 aromatic rings. The van der Waals surface area contributed by atoms with Gasteiger partial charge in [-0.3, -0.25) is 4.79 Å². The highest BCUT2D eigenvalue weighted by Crippen LogP contribution is 2.34. The van der Waals surface area contributed by atoms with E-state index in [0.29, 0.717) is 24.0 Å². The molecule has 200 valence electrons. The molecule has 0 aliphatic rings. The fraction of sp³-hybridized carbons (Fsp3) is 0.118. The van der Waals surface area contributed by atoms with Crippen LogP contribution in [0.1, 0.15) is 22.9 Å². The van der Waals surface area contributed by atoms with Gasteiger partial charge in [-0.1, -0.05) is 103 Å². The van der Waals surface area contributed by atoms with Gasteiger partial charge in [-0.05, 0) is 53.0 Å². The van der Waals surface area contributed by atoms with Crippen LogP contribution < -0.4 is 4.74 Å². The summed E-state index contributed by atoms with van der Waals surface area (Å²) in [4.78, 5) is 17.6. The van der Waals surface area contributed by atoms with Crippen molar-refractivity contribution in [2.75, 3.05) is 13.2 Å². The Balaban J connectivity index is 1.39. The molecular weight excluding hydrogens is 538 g/mol. The number of aromatic nitrogens is 1. The fourth-order valence-electron chi connectivity index (χ4n) is 4.31. The van der Waals surface area contributed by atoms with E-state index < -0.39 is 0 Å². The molecule has 4 nitrogen and oxygen atoms in total. The highest BCUT2D eigenvalue weighted by Gasteiger charge is 2.13. The van der Waals surface area contributed by atoms with Gasteiger partial charge in [-0.2, -0.15) is 0 Å². The van der Waals surface area contributed by atoms with Gasteiger partial charge in [0.2, 0.25) is 0 Å². The van der Waals surface area contributed by atoms with E-state index in [1.807, 2.05) is 48.7 Å². The van der Waals surface area contributed by atoms with Crippen LogP contribution in [-0.2, 0) is 16.0 Å². The summed E-state index contributed by atoms with van der Waals surface area (Å²) in [6.07, 6.45) is 4.15. The maximum atomic E-state index is 11.8. The normalized spacial score (nSPS) is 11.3. The quantitative estimate of drug-likeness (QED) is 0.159. The minimum Gasteiger partial charge on any atom is -0.488 e. The summed E-state index contributed by atoms with van der Waals surface area (Å²) in [7, 11) is 0. The second-order valence-corrected chi connectivity index (χ2v) is 10.5. The summed E-state index contributed by atoms with van der Waals surface area (Å²) < 4.78 is 11.1. The van der Waals surface area contributed by atoms with E-state index in [1.165, 1.54) is 5.56 Å². The van der Waals surface area contributed by atoms with Gasteiger partial charge in [0.05, 0.1) is 22.9 Å². The average Bonchev–Trinajstić information content (AvgIpc) is 3.48. The van der Waals surface area contributed by atoms with Gasteiger partial charge in [0.25, 0.3) is 0 Å². The Hall–Kier alpha value is -4.19. The number of ether oxygens (including phenoxy) is 2. The zero-order valence-electron chi connectivity index (χ0n) is 22.0. The smallest absolute Gasteiger partial charge is 0.310 e. The molecule has 0 fully saturated rings. The molecule has 0 saturated carbocycles. The van der Waals surface area contributed by atoms with Crippen molar-refractivity contribution in [3.63, 3.8) is 0 Å². The van der Waals surface area contributed by atoms with Crippen LogP contribution in [0.25, 0.3) is 27.3 Å². The van der Waals surface area contributed by atoms with E-state index in [1.54, 1.807) is 30.4 Å². The summed E-state index contributed by atoms with van der Waals surface area (Å²) >= 11 is 8.13. The van der Waals surface area contributed by atoms with Gasteiger partial charge in [0.15, 0.2) is 0 Å². The first-order valence-electron chi connectivity index (χ1n) is 13.0. The third kappa shape index (κ3) is 6.87. The zero-order valence-corrected chi connectivity index (χ0v) is 23.6. The van der Waals surface area contributed by atoms with Crippen molar-refractivity contribution in [2.45, 2.75) is 13.3 Å². The predicted octanol–water partition coefficient (Wildman–Crippen LogP) is 8.75. The summed E-state index contributed by atoms with van der Waals surface area (Å²) in [6, 6.07) is 34.4. The molecule has 0 N–H and O–H groups in total. The molecule has 0 bridgehead atoms. The highest BCUT2D eigenvalue weighted by molar-refractivity contribution is 7.16. The van der Waals surface area contributed by atoms with Crippen LogP contribution in [0.15, 0.2) is 115 Å². The van der Waals surface area contributed by atoms with E-state index >= 15 is 0 Å². The maximum Gasteiger partial charge on any atom is 0.310 e. The molecule has 0 aliphatic heterocycles. The molecule has 0 aliphatic carbocycles. The van der Waals surface area contributed by atoms with Crippen LogP contribution in [-0.4, -0.2) is 24.2 Å². The molecule has 1 aromatic heterocycles. The second kappa shape index (κ2) is 13.2. The monoisotopic (exact) mass is 565 g/mol. The molecule has 6 heteroatoms. The minimum absolute atomic E-state index is 0.173. The Morgan fingerprint density at radius 1 is 0.875 bits per heavy atom. The van der Waals surface area contributed by atoms with Crippen molar-refractivity contribution in [3.05, 3.63) is 136 Å². The largest absolute Gasteiger partial charge is 0.488 e. The lowest BCUT2D eigenvalue weighted by atomic mass is 9.99. The van der Waals surface area contributed by atoms with Crippen LogP contribution >= 0.6 is 22.9 Å². The number of esters is 1. The topological polar surface area (TPSA) is 48.4 Å². The number of carbonyl (C=O) groups excluding carboxylic acids is 1. The molecule has 0 unspecified atom stereocenters. The Kier molecular flexibility index (Phi) is 9.07. The van der Waals surface area contributed by atoms with E-state index in [2.05, 4.69) is 54.6 Å². The molecule has 0 spiro atoms. The standard InChI is InChI=1S/C34H28ClNO3S/c1-2-38-33(37)22-24-13-18-31(30(35)21-24)39-20-19-29(32-23-36-34(40-32)28-11-7-4-8-12-28)27-16-14-26(15-17-27)25-9-5-3-6-10-25/h3-19,21,23H,2,20,22H2,1H3/b29-19+. The van der Waals surface area contributed by atoms with E-state index in [-0.39, 0.29) is 12.4 Å². The fourth-order valence-corrected chi connectivity index (χ4v) is 5.55. The van der Waals surface area contributed by atoms with Crippen molar-refractivity contribution in [3.8, 4) is 27.4 Å². The molecule has 4 aromatic carbocycles. The maximum absolute atomic E-state index is 11.8. The Morgan fingerprint density at radius 3 is 2.23 bits per heavy atom. The number of benzene rings is 4. The first kappa shape index (κ1) is 27.4. The summed E-state index contributed by atoms with van der Waals surface area (Å²) in [6.45, 7) is 2.45. The Labute approximate surface area is 243 Å². The summed E-state index contributed by atoms with van der Waals surface area (Å²) in [5.41, 5.74) is 6.31. The number of rotatable bonds is 10. The molecule has 0 atom stereocenters. The molecule has 0 radical (unpaired) electrons. The third-order valence-corrected chi connectivity index (χ3v) is 7.65. The van der Waals surface area contributed by atoms with Crippen molar-refractivity contribution in [1.82, 2.24) is 4.98 Å². The van der Waals surface area contributed by atoms with Gasteiger partial charge < -0.3 is 9.47 Å². The first-order chi connectivity index (χ1) is 19.6. The lowest BCUT2D eigenvalue weighted by Crippen LogP contribution is -2.07. The van der Waals surface area contributed by atoms with Gasteiger partial charge in [-0.25, -0.2) is 4.98 Å². The van der Waals surface area contributed by atoms with Gasteiger partial charge in [-0.15, -0.1) is 11.3 Å². The number of carbonyl (C=O) groups is 1. The molecule has 0 saturated heterocycles. The summed E-state index contributed by atoms with van der Waals surface area (Å²) in [5.74, 6) is 0.274. The third-order valence-electron chi connectivity index (χ3n) is 6.27. The average molecular weight is 566 g/mol. The van der Waals surface area contributed by atoms with Crippen LogP contribution in [0, 0.1) is 0 Å². The lowest BCUT2D eigenvalue weighted by Gasteiger charge is -2.11. The zero-order chi connectivity index (χ0) is 27.7. The Bertz CT molecular complexity index is 1600. The van der Waals surface area contributed by atoms with Crippen molar-refractivity contribution in [2.24, 2.45) is 0 Å². The van der Waals surface area contributed by atoms with Crippen molar-refractivity contribution in [1.29, 1.82) is 0 Å². The summed E-state index contributed by atoms with van der Waals surface area (Å²) in [5, 5.41) is 1.41. The SMILES string of the molecule is CCOC(=O)Cc1ccc(OC/C=C(\c2ccc(-c3ccccc3)cc2)c2cnc(-c3ccccc3)s2)c(Cl)c1. The lowest BCUT2D eigenvalue weighted by molar-refractivity contribution is -0.142. The number of hydrogen-bond donors (Lipinski definition) is 0. The van der Waals surface area contributed by atoms with Gasteiger partial charge in [0, 0.05) is 11.8 Å². The van der Waals surface area contributed by atoms with Crippen molar-refractivity contribution >= 4 is 34.5 Å². The van der Waals surface area contributed by atoms with E-state index in [9.17, 15) is 4.79 Å².